The molecule has 1 aromatic heterocycles. The van der Waals surface area contributed by atoms with Crippen LogP contribution in [-0.2, 0) is 12.7 Å². The van der Waals surface area contributed by atoms with E-state index in [0.29, 0.717) is 6.42 Å². The van der Waals surface area contributed by atoms with Gasteiger partial charge >= 0.3 is 6.18 Å². The maximum absolute atomic E-state index is 13.1. The summed E-state index contributed by atoms with van der Waals surface area (Å²) < 4.78 is 54.9. The van der Waals surface area contributed by atoms with Gasteiger partial charge in [-0.1, -0.05) is 5.16 Å². The lowest BCUT2D eigenvalue weighted by Gasteiger charge is -2.16. The Morgan fingerprint density at radius 2 is 1.86 bits per heavy atom. The second kappa shape index (κ2) is 5.48. The fourth-order valence-corrected chi connectivity index (χ4v) is 2.10. The van der Waals surface area contributed by atoms with Crippen LogP contribution < -0.4 is 15.2 Å². The van der Waals surface area contributed by atoms with Gasteiger partial charge in [-0.3, -0.25) is 0 Å². The quantitative estimate of drug-likeness (QED) is 0.916. The van der Waals surface area contributed by atoms with Crippen LogP contribution in [0.5, 0.6) is 11.5 Å². The summed E-state index contributed by atoms with van der Waals surface area (Å²) in [4.78, 5) is 4.01. The van der Waals surface area contributed by atoms with Gasteiger partial charge in [0.25, 0.3) is 0 Å². The highest BCUT2D eigenvalue weighted by Gasteiger charge is 2.38. The first kappa shape index (κ1) is 14.6. The summed E-state index contributed by atoms with van der Waals surface area (Å²) in [6.07, 6.45) is -4.07. The van der Waals surface area contributed by atoms with Gasteiger partial charge < -0.3 is 19.7 Å². The van der Waals surface area contributed by atoms with Crippen molar-refractivity contribution in [2.45, 2.75) is 19.1 Å². The van der Waals surface area contributed by atoms with Crippen LogP contribution in [0.2, 0.25) is 0 Å². The molecular formula is C13H12F3N3O3. The Morgan fingerprint density at radius 3 is 2.50 bits per heavy atom. The van der Waals surface area contributed by atoms with Crippen LogP contribution in [0.3, 0.4) is 0 Å². The van der Waals surface area contributed by atoms with Crippen molar-refractivity contribution in [1.29, 1.82) is 0 Å². The molecule has 0 saturated carbocycles. The van der Waals surface area contributed by atoms with E-state index < -0.39 is 11.7 Å². The fraction of sp³-hybridized carbons (Fsp3) is 0.385. The minimum absolute atomic E-state index is 0.0308. The molecule has 22 heavy (non-hydrogen) atoms. The van der Waals surface area contributed by atoms with Gasteiger partial charge in [0, 0.05) is 6.42 Å². The van der Waals surface area contributed by atoms with Crippen LogP contribution in [0.4, 0.5) is 13.2 Å². The molecule has 0 radical (unpaired) electrons. The molecule has 6 nitrogen and oxygen atoms in total. The normalized spacial score (nSPS) is 14.7. The molecule has 1 aliphatic rings. The third-order valence-electron chi connectivity index (χ3n) is 3.08. The lowest BCUT2D eigenvalue weighted by molar-refractivity contribution is -0.139. The summed E-state index contributed by atoms with van der Waals surface area (Å²) in [5.41, 5.74) is 4.76. The first-order valence-electron chi connectivity index (χ1n) is 6.53. The van der Waals surface area contributed by atoms with Gasteiger partial charge in [-0.2, -0.15) is 18.2 Å². The van der Waals surface area contributed by atoms with Crippen molar-refractivity contribution in [1.82, 2.24) is 10.1 Å². The fourth-order valence-electron chi connectivity index (χ4n) is 2.10. The Balaban J connectivity index is 2.16. The third-order valence-corrected chi connectivity index (χ3v) is 3.08. The van der Waals surface area contributed by atoms with Gasteiger partial charge in [0.05, 0.1) is 25.3 Å². The SMILES string of the molecule is NCc1nc(-c2ccc(C(F)(F)F)c3c2OCCCO3)no1. The highest BCUT2D eigenvalue weighted by molar-refractivity contribution is 5.71. The zero-order chi connectivity index (χ0) is 15.7. The van der Waals surface area contributed by atoms with Crippen LogP contribution in [0.25, 0.3) is 11.4 Å². The number of fused-ring (bicyclic) bond motifs is 1. The number of alkyl halides is 3. The van der Waals surface area contributed by atoms with Gasteiger partial charge in [-0.05, 0) is 12.1 Å². The Hall–Kier alpha value is -2.29. The number of benzene rings is 1. The van der Waals surface area contributed by atoms with Gasteiger partial charge in [0.15, 0.2) is 11.5 Å². The summed E-state index contributed by atoms with van der Waals surface area (Å²) >= 11 is 0. The van der Waals surface area contributed by atoms with Crippen LogP contribution in [0, 0.1) is 0 Å². The molecule has 0 amide bonds. The topological polar surface area (TPSA) is 83.4 Å². The molecule has 0 fully saturated rings. The van der Waals surface area contributed by atoms with E-state index in [-0.39, 0.29) is 48.5 Å². The van der Waals surface area contributed by atoms with E-state index in [0.717, 1.165) is 6.07 Å². The molecule has 0 unspecified atom stereocenters. The molecule has 0 atom stereocenters. The number of hydrogen-bond acceptors (Lipinski definition) is 6. The maximum Gasteiger partial charge on any atom is 0.420 e. The summed E-state index contributed by atoms with van der Waals surface area (Å²) in [6.45, 7) is 0.413. The molecule has 0 spiro atoms. The van der Waals surface area contributed by atoms with E-state index in [9.17, 15) is 13.2 Å². The monoisotopic (exact) mass is 315 g/mol. The Labute approximate surface area is 123 Å². The first-order valence-corrected chi connectivity index (χ1v) is 6.53. The standard InChI is InChI=1S/C13H12F3N3O3/c14-13(15,16)8-3-2-7(12-18-9(6-17)22-19-12)10-11(8)21-5-1-4-20-10/h2-3H,1,4-6,17H2. The van der Waals surface area contributed by atoms with Crippen molar-refractivity contribution in [3.63, 3.8) is 0 Å². The Bertz CT molecular complexity index is 685. The van der Waals surface area contributed by atoms with E-state index >= 15 is 0 Å². The average Bonchev–Trinajstić information content (AvgIpc) is 2.82. The highest BCUT2D eigenvalue weighted by atomic mass is 19.4. The molecule has 2 N–H and O–H groups in total. The second-order valence-electron chi connectivity index (χ2n) is 4.58. The van der Waals surface area contributed by atoms with E-state index in [4.69, 9.17) is 19.7 Å². The molecule has 118 valence electrons. The van der Waals surface area contributed by atoms with E-state index in [1.807, 2.05) is 0 Å². The van der Waals surface area contributed by atoms with Crippen molar-refractivity contribution in [3.8, 4) is 22.9 Å². The Kier molecular flexibility index (Phi) is 3.65. The number of rotatable bonds is 2. The largest absolute Gasteiger partial charge is 0.489 e. The van der Waals surface area contributed by atoms with Crippen LogP contribution >= 0.6 is 0 Å². The number of nitrogens with zero attached hydrogens (tertiary/aromatic N) is 2. The molecule has 3 rings (SSSR count). The molecule has 2 aromatic rings. The van der Waals surface area contributed by atoms with Crippen molar-refractivity contribution in [3.05, 3.63) is 23.6 Å². The van der Waals surface area contributed by atoms with Gasteiger partial charge in [-0.15, -0.1) is 0 Å². The molecule has 0 aliphatic carbocycles. The number of halogens is 3. The smallest absolute Gasteiger partial charge is 0.420 e. The molecular weight excluding hydrogens is 303 g/mol. The average molecular weight is 315 g/mol. The predicted molar refractivity (Wildman–Crippen MR) is 68.2 cm³/mol. The van der Waals surface area contributed by atoms with E-state index in [2.05, 4.69) is 10.1 Å². The number of nitrogens with two attached hydrogens (primary N) is 1. The van der Waals surface area contributed by atoms with Crippen LogP contribution in [0.1, 0.15) is 17.9 Å². The zero-order valence-electron chi connectivity index (χ0n) is 11.3. The molecule has 0 saturated heterocycles. The van der Waals surface area contributed by atoms with Crippen molar-refractivity contribution in [2.24, 2.45) is 5.73 Å². The summed E-state index contributed by atoms with van der Waals surface area (Å²) in [7, 11) is 0. The first-order chi connectivity index (χ1) is 10.5. The van der Waals surface area contributed by atoms with E-state index in [1.54, 1.807) is 0 Å². The maximum atomic E-state index is 13.1. The summed E-state index contributed by atoms with van der Waals surface area (Å²) in [5.74, 6) is -0.0904. The number of ether oxygens (including phenoxy) is 2. The van der Waals surface area contributed by atoms with E-state index in [1.165, 1.54) is 6.07 Å². The van der Waals surface area contributed by atoms with Gasteiger partial charge in [0.1, 0.15) is 5.56 Å². The minimum atomic E-state index is -4.55. The molecule has 2 heterocycles. The molecule has 1 aliphatic heterocycles. The second-order valence-corrected chi connectivity index (χ2v) is 4.58. The predicted octanol–water partition coefficient (Wildman–Crippen LogP) is 2.38. The lowest BCUT2D eigenvalue weighted by Crippen LogP contribution is -2.09. The van der Waals surface area contributed by atoms with Crippen molar-refractivity contribution in [2.75, 3.05) is 13.2 Å². The zero-order valence-corrected chi connectivity index (χ0v) is 11.3. The molecule has 9 heteroatoms. The lowest BCUT2D eigenvalue weighted by atomic mass is 10.1. The summed E-state index contributed by atoms with van der Waals surface area (Å²) in [6, 6.07) is 2.16. The number of hydrogen-bond donors (Lipinski definition) is 1. The number of aromatic nitrogens is 2. The highest BCUT2D eigenvalue weighted by Crippen LogP contribution is 2.46. The Morgan fingerprint density at radius 1 is 1.14 bits per heavy atom. The summed E-state index contributed by atoms with van der Waals surface area (Å²) in [5, 5.41) is 3.70. The van der Waals surface area contributed by atoms with Gasteiger partial charge in [-0.25, -0.2) is 0 Å². The van der Waals surface area contributed by atoms with Crippen LogP contribution in [0.15, 0.2) is 16.7 Å². The minimum Gasteiger partial charge on any atom is -0.489 e. The van der Waals surface area contributed by atoms with Crippen molar-refractivity contribution >= 4 is 0 Å². The molecule has 0 bridgehead atoms. The van der Waals surface area contributed by atoms with Crippen molar-refractivity contribution < 1.29 is 27.2 Å². The third kappa shape index (κ3) is 2.59. The molecule has 1 aromatic carbocycles. The van der Waals surface area contributed by atoms with Gasteiger partial charge in [0.2, 0.25) is 11.7 Å². The van der Waals surface area contributed by atoms with Crippen LogP contribution in [-0.4, -0.2) is 23.4 Å².